The summed E-state index contributed by atoms with van der Waals surface area (Å²) >= 11 is 5.34. The largest absolute Gasteiger partial charge is 0.366 e. The van der Waals surface area contributed by atoms with Crippen molar-refractivity contribution in [2.75, 3.05) is 19.8 Å². The van der Waals surface area contributed by atoms with Crippen LogP contribution in [0.5, 0.6) is 0 Å². The van der Waals surface area contributed by atoms with Crippen molar-refractivity contribution >= 4 is 17.2 Å². The molecule has 1 aromatic rings. The molecule has 0 aliphatic carbocycles. The summed E-state index contributed by atoms with van der Waals surface area (Å²) in [5.41, 5.74) is 2.00. The molecule has 1 N–H and O–H groups in total. The summed E-state index contributed by atoms with van der Waals surface area (Å²) in [5.74, 6) is 0.812. The van der Waals surface area contributed by atoms with E-state index in [1.54, 1.807) is 0 Å². The molecule has 0 amide bonds. The second kappa shape index (κ2) is 6.20. The van der Waals surface area contributed by atoms with Crippen LogP contribution in [0.2, 0.25) is 0 Å². The Morgan fingerprint density at radius 1 is 1.28 bits per heavy atom. The first-order valence-corrected chi connectivity index (χ1v) is 6.84. The van der Waals surface area contributed by atoms with Gasteiger partial charge < -0.3 is 5.32 Å². The number of likely N-dealkylation sites (tertiary alicyclic amines) is 1. The molecular weight excluding hydrogens is 244 g/mol. The van der Waals surface area contributed by atoms with Crippen molar-refractivity contribution in [1.29, 1.82) is 0 Å². The third-order valence-electron chi connectivity index (χ3n) is 3.05. The average molecular weight is 264 g/mol. The lowest BCUT2D eigenvalue weighted by atomic mass is 10.3. The molecular formula is C13H20N4S. The number of aryl methyl sites for hydroxylation is 2. The normalized spacial score (nSPS) is 15.9. The molecule has 0 unspecified atom stereocenters. The van der Waals surface area contributed by atoms with Crippen molar-refractivity contribution in [3.63, 3.8) is 0 Å². The van der Waals surface area contributed by atoms with Crippen molar-refractivity contribution in [3.05, 3.63) is 23.3 Å². The van der Waals surface area contributed by atoms with Crippen LogP contribution in [0.25, 0.3) is 0 Å². The molecule has 0 saturated carbocycles. The zero-order valence-electron chi connectivity index (χ0n) is 11.1. The van der Waals surface area contributed by atoms with Crippen molar-refractivity contribution in [1.82, 2.24) is 20.2 Å². The summed E-state index contributed by atoms with van der Waals surface area (Å²) in [6.07, 6.45) is 3.23. The highest BCUT2D eigenvalue weighted by molar-refractivity contribution is 7.80. The molecule has 0 aromatic carbocycles. The van der Waals surface area contributed by atoms with Gasteiger partial charge in [0.25, 0.3) is 0 Å². The minimum absolute atomic E-state index is 0.631. The Bertz CT molecular complexity index is 407. The monoisotopic (exact) mass is 264 g/mol. The van der Waals surface area contributed by atoms with Crippen LogP contribution in [0.1, 0.15) is 30.1 Å². The van der Waals surface area contributed by atoms with Gasteiger partial charge in [-0.1, -0.05) is 12.2 Å². The topological polar surface area (TPSA) is 41.1 Å². The van der Waals surface area contributed by atoms with E-state index in [9.17, 15) is 0 Å². The third-order valence-corrected chi connectivity index (χ3v) is 3.33. The lowest BCUT2D eigenvalue weighted by Gasteiger charge is -2.16. The van der Waals surface area contributed by atoms with Crippen LogP contribution in [-0.2, 0) is 6.42 Å². The van der Waals surface area contributed by atoms with Gasteiger partial charge in [0.05, 0.1) is 18.1 Å². The maximum atomic E-state index is 5.34. The SMILES string of the molecule is Cc1cc(C)nc(CC(=S)NCN2CCCC2)n1. The summed E-state index contributed by atoms with van der Waals surface area (Å²) in [5, 5.41) is 3.29. The first-order chi connectivity index (χ1) is 8.63. The summed E-state index contributed by atoms with van der Waals surface area (Å²) in [6.45, 7) is 7.17. The molecule has 1 aliphatic rings. The second-order valence-corrected chi connectivity index (χ2v) is 5.32. The molecule has 98 valence electrons. The van der Waals surface area contributed by atoms with Crippen LogP contribution < -0.4 is 5.32 Å². The summed E-state index contributed by atoms with van der Waals surface area (Å²) in [7, 11) is 0. The Hall–Kier alpha value is -1.07. The van der Waals surface area contributed by atoms with E-state index in [-0.39, 0.29) is 0 Å². The van der Waals surface area contributed by atoms with Crippen molar-refractivity contribution in [3.8, 4) is 0 Å². The van der Waals surface area contributed by atoms with Gasteiger partial charge in [-0.2, -0.15) is 0 Å². The minimum atomic E-state index is 0.631. The van der Waals surface area contributed by atoms with Gasteiger partial charge in [-0.15, -0.1) is 0 Å². The van der Waals surface area contributed by atoms with Crippen molar-refractivity contribution in [2.24, 2.45) is 0 Å². The van der Waals surface area contributed by atoms with Gasteiger partial charge in [-0.25, -0.2) is 9.97 Å². The Balaban J connectivity index is 1.82. The standard InChI is InChI=1S/C13H20N4S/c1-10-7-11(2)16-12(15-10)8-13(18)14-9-17-5-3-4-6-17/h7H,3-6,8-9H2,1-2H3,(H,14,18). The lowest BCUT2D eigenvalue weighted by Crippen LogP contribution is -2.36. The fourth-order valence-corrected chi connectivity index (χ4v) is 2.42. The first-order valence-electron chi connectivity index (χ1n) is 6.44. The van der Waals surface area contributed by atoms with E-state index in [0.717, 1.165) is 28.9 Å². The molecule has 1 aromatic heterocycles. The molecule has 2 rings (SSSR count). The molecule has 0 bridgehead atoms. The number of aromatic nitrogens is 2. The number of hydrogen-bond acceptors (Lipinski definition) is 4. The molecule has 5 heteroatoms. The smallest absolute Gasteiger partial charge is 0.135 e. The van der Waals surface area contributed by atoms with Gasteiger partial charge in [-0.05, 0) is 45.8 Å². The van der Waals surface area contributed by atoms with E-state index in [1.165, 1.54) is 25.9 Å². The zero-order valence-corrected chi connectivity index (χ0v) is 11.9. The van der Waals surface area contributed by atoms with Gasteiger partial charge in [0.1, 0.15) is 5.82 Å². The van der Waals surface area contributed by atoms with Crippen molar-refractivity contribution in [2.45, 2.75) is 33.1 Å². The highest BCUT2D eigenvalue weighted by Crippen LogP contribution is 2.05. The Morgan fingerprint density at radius 3 is 2.50 bits per heavy atom. The molecule has 0 atom stereocenters. The Morgan fingerprint density at radius 2 is 1.89 bits per heavy atom. The molecule has 1 fully saturated rings. The fraction of sp³-hybridized carbons (Fsp3) is 0.615. The summed E-state index contributed by atoms with van der Waals surface area (Å²) in [6, 6.07) is 1.98. The van der Waals surface area contributed by atoms with Crippen LogP contribution in [0, 0.1) is 13.8 Å². The van der Waals surface area contributed by atoms with Crippen LogP contribution in [0.3, 0.4) is 0 Å². The molecule has 4 nitrogen and oxygen atoms in total. The van der Waals surface area contributed by atoms with Crippen LogP contribution >= 0.6 is 12.2 Å². The first kappa shape index (κ1) is 13.4. The van der Waals surface area contributed by atoms with E-state index >= 15 is 0 Å². The quantitative estimate of drug-likeness (QED) is 0.837. The van der Waals surface area contributed by atoms with Gasteiger partial charge in [-0.3, -0.25) is 4.90 Å². The van der Waals surface area contributed by atoms with Crippen LogP contribution in [0.15, 0.2) is 6.07 Å². The number of nitrogens with one attached hydrogen (secondary N) is 1. The predicted molar refractivity (Wildman–Crippen MR) is 76.6 cm³/mol. The summed E-state index contributed by atoms with van der Waals surface area (Å²) in [4.78, 5) is 12.0. The van der Waals surface area contributed by atoms with E-state index in [1.807, 2.05) is 19.9 Å². The zero-order chi connectivity index (χ0) is 13.0. The molecule has 2 heterocycles. The van der Waals surface area contributed by atoms with Crippen LogP contribution in [0.4, 0.5) is 0 Å². The molecule has 0 radical (unpaired) electrons. The average Bonchev–Trinajstić information content (AvgIpc) is 2.77. The van der Waals surface area contributed by atoms with Crippen LogP contribution in [-0.4, -0.2) is 39.6 Å². The minimum Gasteiger partial charge on any atom is -0.366 e. The van der Waals surface area contributed by atoms with Gasteiger partial charge in [0.15, 0.2) is 0 Å². The highest BCUT2D eigenvalue weighted by Gasteiger charge is 2.11. The number of thiocarbonyl (C=S) groups is 1. The van der Waals surface area contributed by atoms with Gasteiger partial charge in [0.2, 0.25) is 0 Å². The highest BCUT2D eigenvalue weighted by atomic mass is 32.1. The Labute approximate surface area is 114 Å². The lowest BCUT2D eigenvalue weighted by molar-refractivity contribution is 0.333. The number of nitrogens with zero attached hydrogens (tertiary/aromatic N) is 3. The van der Waals surface area contributed by atoms with Crippen molar-refractivity contribution < 1.29 is 0 Å². The molecule has 1 saturated heterocycles. The number of hydrogen-bond donors (Lipinski definition) is 1. The summed E-state index contributed by atoms with van der Waals surface area (Å²) < 4.78 is 0. The number of rotatable bonds is 4. The molecule has 18 heavy (non-hydrogen) atoms. The maximum absolute atomic E-state index is 5.34. The van der Waals surface area contributed by atoms with Gasteiger partial charge in [0, 0.05) is 11.4 Å². The van der Waals surface area contributed by atoms with E-state index in [0.29, 0.717) is 6.42 Å². The Kier molecular flexibility index (Phi) is 4.60. The molecule has 0 spiro atoms. The maximum Gasteiger partial charge on any atom is 0.135 e. The van der Waals surface area contributed by atoms with E-state index in [2.05, 4.69) is 20.2 Å². The third kappa shape index (κ3) is 3.99. The second-order valence-electron chi connectivity index (χ2n) is 4.83. The van der Waals surface area contributed by atoms with E-state index < -0.39 is 0 Å². The molecule has 1 aliphatic heterocycles. The fourth-order valence-electron chi connectivity index (χ4n) is 2.22. The van der Waals surface area contributed by atoms with E-state index in [4.69, 9.17) is 12.2 Å². The van der Waals surface area contributed by atoms with Gasteiger partial charge >= 0.3 is 0 Å². The predicted octanol–water partition coefficient (Wildman–Crippen LogP) is 1.61.